The van der Waals surface area contributed by atoms with Crippen LogP contribution in [0.4, 0.5) is 11.4 Å². The summed E-state index contributed by atoms with van der Waals surface area (Å²) in [6.07, 6.45) is 0.955. The molecule has 0 spiro atoms. The van der Waals surface area contributed by atoms with E-state index < -0.39 is 0 Å². The van der Waals surface area contributed by atoms with Crippen LogP contribution in [0.1, 0.15) is 12.5 Å². The van der Waals surface area contributed by atoms with Gasteiger partial charge in [0, 0.05) is 7.05 Å². The molecule has 0 aliphatic heterocycles. The topological polar surface area (TPSA) is 38.0 Å². The maximum absolute atomic E-state index is 5.99. The highest BCUT2D eigenvalue weighted by Crippen LogP contribution is 2.31. The van der Waals surface area contributed by atoms with Crippen LogP contribution in [0.2, 0.25) is 5.02 Å². The molecule has 0 radical (unpaired) electrons. The lowest BCUT2D eigenvalue weighted by Crippen LogP contribution is -1.98. The van der Waals surface area contributed by atoms with E-state index in [0.29, 0.717) is 10.7 Å². The Bertz CT molecular complexity index is 284. The van der Waals surface area contributed by atoms with Gasteiger partial charge in [-0.05, 0) is 18.1 Å². The highest BCUT2D eigenvalue weighted by Gasteiger charge is 2.06. The summed E-state index contributed by atoms with van der Waals surface area (Å²) in [5, 5.41) is 3.67. The molecule has 1 rings (SSSR count). The Hall–Kier alpha value is -0.890. The van der Waals surface area contributed by atoms with Crippen LogP contribution in [0.3, 0.4) is 0 Å². The zero-order chi connectivity index (χ0) is 9.14. The number of hydrogen-bond donors (Lipinski definition) is 2. The molecule has 0 aromatic heterocycles. The molecule has 2 nitrogen and oxygen atoms in total. The summed E-state index contributed by atoms with van der Waals surface area (Å²) >= 11 is 5.99. The minimum absolute atomic E-state index is 0.622. The fourth-order valence-corrected chi connectivity index (χ4v) is 1.48. The fourth-order valence-electron chi connectivity index (χ4n) is 1.20. The molecule has 12 heavy (non-hydrogen) atoms. The Labute approximate surface area is 77.7 Å². The van der Waals surface area contributed by atoms with Gasteiger partial charge < -0.3 is 11.1 Å². The summed E-state index contributed by atoms with van der Waals surface area (Å²) in [4.78, 5) is 0. The Balaban J connectivity index is 3.25. The standard InChI is InChI=1S/C9H13ClN2/c1-3-6-4-5-7(11)8(10)9(6)12-2/h4-5,12H,3,11H2,1-2H3. The number of benzene rings is 1. The van der Waals surface area contributed by atoms with E-state index in [-0.39, 0.29) is 0 Å². The SMILES string of the molecule is CCc1ccc(N)c(Cl)c1NC. The molecule has 0 unspecified atom stereocenters. The lowest BCUT2D eigenvalue weighted by molar-refractivity contribution is 1.14. The number of nitrogen functional groups attached to an aromatic ring is 1. The minimum atomic E-state index is 0.622. The number of halogens is 1. The number of anilines is 2. The molecule has 0 bridgehead atoms. The summed E-state index contributed by atoms with van der Waals surface area (Å²) in [5.41, 5.74) is 8.41. The van der Waals surface area contributed by atoms with Gasteiger partial charge >= 0.3 is 0 Å². The van der Waals surface area contributed by atoms with E-state index >= 15 is 0 Å². The number of hydrogen-bond acceptors (Lipinski definition) is 2. The molecule has 0 aliphatic rings. The van der Waals surface area contributed by atoms with Crippen molar-refractivity contribution in [3.05, 3.63) is 22.7 Å². The molecule has 0 saturated carbocycles. The molecule has 0 saturated heterocycles. The zero-order valence-corrected chi connectivity index (χ0v) is 8.07. The van der Waals surface area contributed by atoms with Crippen molar-refractivity contribution in [2.45, 2.75) is 13.3 Å². The normalized spacial score (nSPS) is 9.92. The number of rotatable bonds is 2. The molecule has 0 atom stereocenters. The van der Waals surface area contributed by atoms with E-state index in [2.05, 4.69) is 12.2 Å². The summed E-state index contributed by atoms with van der Waals surface area (Å²) in [6, 6.07) is 3.83. The smallest absolute Gasteiger partial charge is 0.0869 e. The minimum Gasteiger partial charge on any atom is -0.397 e. The predicted octanol–water partition coefficient (Wildman–Crippen LogP) is 2.53. The van der Waals surface area contributed by atoms with Gasteiger partial charge in [-0.25, -0.2) is 0 Å². The second kappa shape index (κ2) is 3.68. The average Bonchev–Trinajstić information content (AvgIpc) is 2.09. The van der Waals surface area contributed by atoms with Gasteiger partial charge in [-0.3, -0.25) is 0 Å². The van der Waals surface area contributed by atoms with E-state index in [9.17, 15) is 0 Å². The van der Waals surface area contributed by atoms with Crippen LogP contribution in [0.15, 0.2) is 12.1 Å². The van der Waals surface area contributed by atoms with Crippen molar-refractivity contribution in [2.75, 3.05) is 18.1 Å². The number of nitrogens with two attached hydrogens (primary N) is 1. The van der Waals surface area contributed by atoms with Crippen LogP contribution < -0.4 is 11.1 Å². The van der Waals surface area contributed by atoms with Crippen LogP contribution in [0, 0.1) is 0 Å². The third-order valence-electron chi connectivity index (χ3n) is 1.89. The van der Waals surface area contributed by atoms with Crippen molar-refractivity contribution in [1.29, 1.82) is 0 Å². The van der Waals surface area contributed by atoms with Gasteiger partial charge in [-0.1, -0.05) is 24.6 Å². The third kappa shape index (κ3) is 1.48. The van der Waals surface area contributed by atoms with Crippen molar-refractivity contribution in [3.8, 4) is 0 Å². The van der Waals surface area contributed by atoms with Gasteiger partial charge in [-0.2, -0.15) is 0 Å². The largest absolute Gasteiger partial charge is 0.397 e. The van der Waals surface area contributed by atoms with Gasteiger partial charge in [-0.15, -0.1) is 0 Å². The first-order chi connectivity index (χ1) is 5.70. The van der Waals surface area contributed by atoms with Gasteiger partial charge in [0.2, 0.25) is 0 Å². The zero-order valence-electron chi connectivity index (χ0n) is 7.32. The van der Waals surface area contributed by atoms with Crippen molar-refractivity contribution < 1.29 is 0 Å². The van der Waals surface area contributed by atoms with Gasteiger partial charge in [0.05, 0.1) is 16.4 Å². The summed E-state index contributed by atoms with van der Waals surface area (Å²) in [5.74, 6) is 0. The molecule has 0 fully saturated rings. The van der Waals surface area contributed by atoms with Gasteiger partial charge in [0.1, 0.15) is 0 Å². The third-order valence-corrected chi connectivity index (χ3v) is 2.30. The van der Waals surface area contributed by atoms with Crippen molar-refractivity contribution in [1.82, 2.24) is 0 Å². The molecule has 3 N–H and O–H groups in total. The van der Waals surface area contributed by atoms with E-state index in [1.807, 2.05) is 19.2 Å². The van der Waals surface area contributed by atoms with Crippen molar-refractivity contribution in [2.24, 2.45) is 0 Å². The highest BCUT2D eigenvalue weighted by molar-refractivity contribution is 6.35. The van der Waals surface area contributed by atoms with Crippen molar-refractivity contribution in [3.63, 3.8) is 0 Å². The molecule has 0 heterocycles. The molecule has 1 aromatic rings. The lowest BCUT2D eigenvalue weighted by atomic mass is 10.1. The maximum atomic E-state index is 5.99. The van der Waals surface area contributed by atoms with E-state index in [4.69, 9.17) is 17.3 Å². The maximum Gasteiger partial charge on any atom is 0.0869 e. The quantitative estimate of drug-likeness (QED) is 0.694. The van der Waals surface area contributed by atoms with E-state index in [0.717, 1.165) is 12.1 Å². The Morgan fingerprint density at radius 1 is 1.50 bits per heavy atom. The van der Waals surface area contributed by atoms with Crippen LogP contribution in [-0.4, -0.2) is 7.05 Å². The number of nitrogens with one attached hydrogen (secondary N) is 1. The Kier molecular flexibility index (Phi) is 2.82. The van der Waals surface area contributed by atoms with Crippen LogP contribution in [0.25, 0.3) is 0 Å². The lowest BCUT2D eigenvalue weighted by Gasteiger charge is -2.10. The van der Waals surface area contributed by atoms with Gasteiger partial charge in [0.15, 0.2) is 0 Å². The van der Waals surface area contributed by atoms with Crippen LogP contribution >= 0.6 is 11.6 Å². The second-order valence-corrected chi connectivity index (χ2v) is 2.98. The molecular weight excluding hydrogens is 172 g/mol. The first-order valence-corrected chi connectivity index (χ1v) is 4.33. The molecule has 1 aromatic carbocycles. The molecule has 0 aliphatic carbocycles. The highest BCUT2D eigenvalue weighted by atomic mass is 35.5. The fraction of sp³-hybridized carbons (Fsp3) is 0.333. The molecule has 3 heteroatoms. The molecule has 0 amide bonds. The van der Waals surface area contributed by atoms with Crippen molar-refractivity contribution >= 4 is 23.0 Å². The average molecular weight is 185 g/mol. The van der Waals surface area contributed by atoms with E-state index in [1.54, 1.807) is 0 Å². The molecular formula is C9H13ClN2. The summed E-state index contributed by atoms with van der Waals surface area (Å²) in [6.45, 7) is 2.09. The van der Waals surface area contributed by atoms with E-state index in [1.165, 1.54) is 5.56 Å². The Morgan fingerprint density at radius 3 is 2.67 bits per heavy atom. The number of aryl methyl sites for hydroxylation is 1. The van der Waals surface area contributed by atoms with Gasteiger partial charge in [0.25, 0.3) is 0 Å². The summed E-state index contributed by atoms with van der Waals surface area (Å²) < 4.78 is 0. The predicted molar refractivity (Wildman–Crippen MR) is 54.8 cm³/mol. The monoisotopic (exact) mass is 184 g/mol. The first kappa shape index (κ1) is 9.20. The van der Waals surface area contributed by atoms with Crippen LogP contribution in [-0.2, 0) is 6.42 Å². The first-order valence-electron chi connectivity index (χ1n) is 3.95. The summed E-state index contributed by atoms with van der Waals surface area (Å²) in [7, 11) is 1.85. The Morgan fingerprint density at radius 2 is 2.17 bits per heavy atom. The van der Waals surface area contributed by atoms with Crippen LogP contribution in [0.5, 0.6) is 0 Å². The second-order valence-electron chi connectivity index (χ2n) is 2.61. The molecule has 66 valence electrons.